The minimum absolute atomic E-state index is 0.0174. The number of nitrogens with zero attached hydrogens (tertiary/aromatic N) is 1. The number of aromatic hydroxyl groups is 1. The number of nitrogens with one attached hydrogen (secondary N) is 1. The fourth-order valence-corrected chi connectivity index (χ4v) is 1.06. The Kier molecular flexibility index (Phi) is 3.78. The van der Waals surface area contributed by atoms with Crippen LogP contribution in [0.5, 0.6) is 5.75 Å². The predicted octanol–water partition coefficient (Wildman–Crippen LogP) is 0.885. The van der Waals surface area contributed by atoms with Crippen LogP contribution in [-0.2, 0) is 9.53 Å². The van der Waals surface area contributed by atoms with Crippen molar-refractivity contribution in [2.75, 3.05) is 19.0 Å². The van der Waals surface area contributed by atoms with Crippen molar-refractivity contribution >= 4 is 17.3 Å². The van der Waals surface area contributed by atoms with E-state index in [4.69, 9.17) is 0 Å². The van der Waals surface area contributed by atoms with E-state index in [1.54, 1.807) is 0 Å². The van der Waals surface area contributed by atoms with E-state index in [2.05, 4.69) is 10.1 Å². The first-order valence-electron chi connectivity index (χ1n) is 4.30. The zero-order chi connectivity index (χ0) is 12.1. The Hall–Kier alpha value is -2.15. The molecule has 0 aromatic heterocycles. The average Bonchev–Trinajstić information content (AvgIpc) is 2.21. The van der Waals surface area contributed by atoms with Crippen molar-refractivity contribution in [3.63, 3.8) is 0 Å². The number of carbonyl (C=O) groups excluding carboxylic acids is 1. The van der Waals surface area contributed by atoms with Gasteiger partial charge in [-0.05, 0) is 6.07 Å². The Morgan fingerprint density at radius 3 is 2.88 bits per heavy atom. The van der Waals surface area contributed by atoms with Crippen LogP contribution in [0.15, 0.2) is 18.2 Å². The Bertz CT molecular complexity index is 418. The van der Waals surface area contributed by atoms with Gasteiger partial charge >= 0.3 is 0 Å². The summed E-state index contributed by atoms with van der Waals surface area (Å²) in [4.78, 5) is 21.0. The zero-order valence-electron chi connectivity index (χ0n) is 8.47. The van der Waals surface area contributed by atoms with Crippen molar-refractivity contribution in [1.82, 2.24) is 0 Å². The summed E-state index contributed by atoms with van der Waals surface area (Å²) in [5.41, 5.74) is -0.234. The molecular formula is C9H10N2O5. The number of amides is 1. The van der Waals surface area contributed by atoms with Crippen LogP contribution in [0, 0.1) is 10.1 Å². The smallest absolute Gasteiger partial charge is 0.271 e. The molecule has 0 unspecified atom stereocenters. The van der Waals surface area contributed by atoms with Gasteiger partial charge in [-0.1, -0.05) is 0 Å². The van der Waals surface area contributed by atoms with Crippen LogP contribution in [0.25, 0.3) is 0 Å². The molecule has 1 aromatic rings. The molecular weight excluding hydrogens is 216 g/mol. The largest absolute Gasteiger partial charge is 0.506 e. The number of phenolic OH excluding ortho intramolecular Hbond substituents is 1. The summed E-state index contributed by atoms with van der Waals surface area (Å²) in [7, 11) is 1.34. The van der Waals surface area contributed by atoms with Gasteiger partial charge in [0.25, 0.3) is 5.69 Å². The fraction of sp³-hybridized carbons (Fsp3) is 0.222. The van der Waals surface area contributed by atoms with E-state index in [1.165, 1.54) is 7.11 Å². The second-order valence-electron chi connectivity index (χ2n) is 2.94. The average molecular weight is 226 g/mol. The van der Waals surface area contributed by atoms with Crippen LogP contribution in [0.3, 0.4) is 0 Å². The molecule has 0 saturated carbocycles. The molecule has 0 spiro atoms. The molecule has 7 nitrogen and oxygen atoms in total. The normalized spacial score (nSPS) is 9.81. The first kappa shape index (κ1) is 11.9. The minimum Gasteiger partial charge on any atom is -0.506 e. The van der Waals surface area contributed by atoms with Gasteiger partial charge in [0.1, 0.15) is 12.4 Å². The fourth-order valence-electron chi connectivity index (χ4n) is 1.06. The number of benzene rings is 1. The molecule has 0 aliphatic carbocycles. The highest BCUT2D eigenvalue weighted by Crippen LogP contribution is 2.27. The maximum Gasteiger partial charge on any atom is 0.271 e. The molecule has 0 heterocycles. The summed E-state index contributed by atoms with van der Waals surface area (Å²) in [5.74, 6) is -0.742. The SMILES string of the molecule is COCC(=O)Nc1cc([N+](=O)[O-])ccc1O. The van der Waals surface area contributed by atoms with E-state index < -0.39 is 10.8 Å². The maximum atomic E-state index is 11.1. The van der Waals surface area contributed by atoms with Crippen molar-refractivity contribution in [1.29, 1.82) is 0 Å². The van der Waals surface area contributed by atoms with Crippen LogP contribution in [-0.4, -0.2) is 29.7 Å². The van der Waals surface area contributed by atoms with Gasteiger partial charge in [-0.3, -0.25) is 14.9 Å². The van der Waals surface area contributed by atoms with Crippen LogP contribution >= 0.6 is 0 Å². The van der Waals surface area contributed by atoms with E-state index in [9.17, 15) is 20.0 Å². The Morgan fingerprint density at radius 1 is 1.62 bits per heavy atom. The number of non-ortho nitro benzene ring substituents is 1. The maximum absolute atomic E-state index is 11.1. The number of phenols is 1. The molecule has 1 amide bonds. The van der Waals surface area contributed by atoms with Crippen LogP contribution < -0.4 is 5.32 Å². The van der Waals surface area contributed by atoms with Crippen molar-refractivity contribution in [2.45, 2.75) is 0 Å². The molecule has 0 aliphatic rings. The number of rotatable bonds is 4. The molecule has 0 radical (unpaired) electrons. The Morgan fingerprint density at radius 2 is 2.31 bits per heavy atom. The molecule has 7 heteroatoms. The van der Waals surface area contributed by atoms with Gasteiger partial charge in [-0.2, -0.15) is 0 Å². The second kappa shape index (κ2) is 5.08. The Balaban J connectivity index is 2.90. The highest BCUT2D eigenvalue weighted by Gasteiger charge is 2.12. The third-order valence-electron chi connectivity index (χ3n) is 1.74. The van der Waals surface area contributed by atoms with E-state index in [1.807, 2.05) is 0 Å². The van der Waals surface area contributed by atoms with Gasteiger partial charge in [-0.25, -0.2) is 0 Å². The highest BCUT2D eigenvalue weighted by atomic mass is 16.6. The predicted molar refractivity (Wildman–Crippen MR) is 55.3 cm³/mol. The number of carbonyl (C=O) groups is 1. The molecule has 0 bridgehead atoms. The van der Waals surface area contributed by atoms with Crippen LogP contribution in [0.4, 0.5) is 11.4 Å². The topological polar surface area (TPSA) is 102 Å². The van der Waals surface area contributed by atoms with Crippen molar-refractivity contribution in [3.05, 3.63) is 28.3 Å². The lowest BCUT2D eigenvalue weighted by atomic mass is 10.2. The second-order valence-corrected chi connectivity index (χ2v) is 2.94. The number of nitro groups is 1. The number of methoxy groups -OCH3 is 1. The van der Waals surface area contributed by atoms with Gasteiger partial charge in [-0.15, -0.1) is 0 Å². The molecule has 1 rings (SSSR count). The van der Waals surface area contributed by atoms with Crippen LogP contribution in [0.1, 0.15) is 0 Å². The summed E-state index contributed by atoms with van der Waals surface area (Å²) in [6.07, 6.45) is 0. The van der Waals surface area contributed by atoms with E-state index >= 15 is 0 Å². The van der Waals surface area contributed by atoms with Crippen molar-refractivity contribution < 1.29 is 19.6 Å². The summed E-state index contributed by atoms with van der Waals surface area (Å²) in [6, 6.07) is 3.35. The standard InChI is InChI=1S/C9H10N2O5/c1-16-5-9(13)10-7-4-6(11(14)15)2-3-8(7)12/h2-4,12H,5H2,1H3,(H,10,13). The lowest BCUT2D eigenvalue weighted by Crippen LogP contribution is -2.17. The third-order valence-corrected chi connectivity index (χ3v) is 1.74. The molecule has 2 N–H and O–H groups in total. The molecule has 16 heavy (non-hydrogen) atoms. The van der Waals surface area contributed by atoms with Gasteiger partial charge in [0.2, 0.25) is 5.91 Å². The minimum atomic E-state index is -0.620. The third kappa shape index (κ3) is 2.92. The molecule has 0 aliphatic heterocycles. The molecule has 0 saturated heterocycles. The van der Waals surface area contributed by atoms with E-state index in [0.717, 1.165) is 18.2 Å². The first-order chi connectivity index (χ1) is 7.54. The molecule has 86 valence electrons. The lowest BCUT2D eigenvalue weighted by Gasteiger charge is -2.06. The lowest BCUT2D eigenvalue weighted by molar-refractivity contribution is -0.384. The van der Waals surface area contributed by atoms with Gasteiger partial charge in [0.15, 0.2) is 0 Å². The van der Waals surface area contributed by atoms with Crippen LogP contribution in [0.2, 0.25) is 0 Å². The van der Waals surface area contributed by atoms with Gasteiger partial charge in [0.05, 0.1) is 10.6 Å². The quantitative estimate of drug-likeness (QED) is 0.451. The van der Waals surface area contributed by atoms with Gasteiger partial charge in [0, 0.05) is 19.2 Å². The summed E-state index contributed by atoms with van der Waals surface area (Å²) >= 11 is 0. The number of hydrogen-bond donors (Lipinski definition) is 2. The summed E-state index contributed by atoms with van der Waals surface area (Å²) in [5, 5.41) is 22.1. The monoisotopic (exact) mass is 226 g/mol. The van der Waals surface area contributed by atoms with Gasteiger partial charge < -0.3 is 15.2 Å². The molecule has 0 fully saturated rings. The summed E-state index contributed by atoms with van der Waals surface area (Å²) in [6.45, 7) is -0.192. The number of ether oxygens (including phenoxy) is 1. The highest BCUT2D eigenvalue weighted by molar-refractivity contribution is 5.93. The van der Waals surface area contributed by atoms with Crippen molar-refractivity contribution in [2.24, 2.45) is 0 Å². The molecule has 1 aromatic carbocycles. The van der Waals surface area contributed by atoms with E-state index in [-0.39, 0.29) is 23.7 Å². The number of nitro benzene ring substituents is 1. The number of anilines is 1. The van der Waals surface area contributed by atoms with Crippen molar-refractivity contribution in [3.8, 4) is 5.75 Å². The number of hydrogen-bond acceptors (Lipinski definition) is 5. The Labute approximate surface area is 90.8 Å². The molecule has 0 atom stereocenters. The van der Waals surface area contributed by atoms with E-state index in [0.29, 0.717) is 0 Å². The summed E-state index contributed by atoms with van der Waals surface area (Å²) < 4.78 is 4.57. The zero-order valence-corrected chi connectivity index (χ0v) is 8.47. The first-order valence-corrected chi connectivity index (χ1v) is 4.30.